The van der Waals surface area contributed by atoms with Crippen LogP contribution in [0.25, 0.3) is 0 Å². The lowest BCUT2D eigenvalue weighted by Gasteiger charge is -2.38. The third-order valence-corrected chi connectivity index (χ3v) is 4.44. The van der Waals surface area contributed by atoms with E-state index in [1.807, 2.05) is 4.90 Å². The number of carbonyl (C=O) groups excluding carboxylic acids is 1. The monoisotopic (exact) mass is 273 g/mol. The Labute approximate surface area is 120 Å². The molecule has 1 atom stereocenters. The number of rotatable bonds is 2. The highest BCUT2D eigenvalue weighted by atomic mass is 16.2. The van der Waals surface area contributed by atoms with Crippen molar-refractivity contribution in [3.63, 3.8) is 0 Å². The Kier molecular flexibility index (Phi) is 3.92. The highest BCUT2D eigenvalue weighted by Crippen LogP contribution is 2.30. The molecule has 20 heavy (non-hydrogen) atoms. The number of benzene rings is 1. The van der Waals surface area contributed by atoms with Crippen LogP contribution in [-0.4, -0.2) is 49.6 Å². The maximum atomic E-state index is 12.5. The molecule has 0 aromatic heterocycles. The molecule has 1 saturated heterocycles. The van der Waals surface area contributed by atoms with E-state index < -0.39 is 0 Å². The number of nitrogens with zero attached hydrogens (tertiary/aromatic N) is 2. The van der Waals surface area contributed by atoms with E-state index in [0.717, 1.165) is 39.0 Å². The molecule has 0 radical (unpaired) electrons. The first kappa shape index (κ1) is 13.4. The van der Waals surface area contributed by atoms with Gasteiger partial charge >= 0.3 is 0 Å². The Morgan fingerprint density at radius 3 is 2.85 bits per heavy atom. The second kappa shape index (κ2) is 5.83. The summed E-state index contributed by atoms with van der Waals surface area (Å²) in [6.07, 6.45) is 2.25. The maximum Gasteiger partial charge on any atom is 0.242 e. The third kappa shape index (κ3) is 2.66. The van der Waals surface area contributed by atoms with Gasteiger partial charge in [0.25, 0.3) is 0 Å². The lowest BCUT2D eigenvalue weighted by Crippen LogP contribution is -2.51. The van der Waals surface area contributed by atoms with Crippen molar-refractivity contribution in [2.24, 2.45) is 0 Å². The first-order valence-electron chi connectivity index (χ1n) is 7.59. The number of hydrogen-bond acceptors (Lipinski definition) is 3. The minimum Gasteiger partial charge on any atom is -0.359 e. The van der Waals surface area contributed by atoms with E-state index >= 15 is 0 Å². The molecule has 1 aromatic rings. The van der Waals surface area contributed by atoms with Crippen LogP contribution in [0.15, 0.2) is 24.3 Å². The lowest BCUT2D eigenvalue weighted by molar-refractivity contribution is -0.130. The molecule has 2 aliphatic heterocycles. The zero-order chi connectivity index (χ0) is 13.9. The van der Waals surface area contributed by atoms with Gasteiger partial charge in [-0.05, 0) is 31.4 Å². The van der Waals surface area contributed by atoms with E-state index in [9.17, 15) is 4.79 Å². The standard InChI is InChI=1S/C16H23N3O/c1-13-6-7-14-4-2-3-5-15(14)19(13)12-16(20)18-10-8-17-9-11-18/h2-5,13,17H,6-12H2,1H3. The van der Waals surface area contributed by atoms with Crippen LogP contribution >= 0.6 is 0 Å². The number of aryl methyl sites for hydroxylation is 1. The van der Waals surface area contributed by atoms with Gasteiger partial charge in [-0.15, -0.1) is 0 Å². The maximum absolute atomic E-state index is 12.5. The van der Waals surface area contributed by atoms with Gasteiger partial charge in [0.2, 0.25) is 5.91 Å². The molecule has 0 aliphatic carbocycles. The second-order valence-electron chi connectivity index (χ2n) is 5.78. The quantitative estimate of drug-likeness (QED) is 0.881. The molecule has 108 valence electrons. The zero-order valence-electron chi connectivity index (χ0n) is 12.1. The van der Waals surface area contributed by atoms with E-state index in [-0.39, 0.29) is 5.91 Å². The van der Waals surface area contributed by atoms with Crippen LogP contribution in [0.3, 0.4) is 0 Å². The normalized spacial score (nSPS) is 22.6. The summed E-state index contributed by atoms with van der Waals surface area (Å²) in [5, 5.41) is 3.29. The summed E-state index contributed by atoms with van der Waals surface area (Å²) >= 11 is 0. The minimum atomic E-state index is 0.259. The largest absolute Gasteiger partial charge is 0.359 e. The zero-order valence-corrected chi connectivity index (χ0v) is 12.1. The Morgan fingerprint density at radius 2 is 2.05 bits per heavy atom. The average molecular weight is 273 g/mol. The molecule has 2 aliphatic rings. The van der Waals surface area contributed by atoms with Gasteiger partial charge in [-0.1, -0.05) is 18.2 Å². The van der Waals surface area contributed by atoms with Crippen LogP contribution in [0.5, 0.6) is 0 Å². The first-order chi connectivity index (χ1) is 9.75. The number of carbonyl (C=O) groups is 1. The fourth-order valence-corrected chi connectivity index (χ4v) is 3.16. The van der Waals surface area contributed by atoms with E-state index in [2.05, 4.69) is 41.4 Å². The number of amides is 1. The van der Waals surface area contributed by atoms with Gasteiger partial charge in [0.15, 0.2) is 0 Å². The summed E-state index contributed by atoms with van der Waals surface area (Å²) in [6.45, 7) is 6.24. The first-order valence-corrected chi connectivity index (χ1v) is 7.59. The molecule has 1 unspecified atom stereocenters. The number of nitrogens with one attached hydrogen (secondary N) is 1. The Balaban J connectivity index is 1.74. The fraction of sp³-hybridized carbons (Fsp3) is 0.562. The molecule has 4 heteroatoms. The topological polar surface area (TPSA) is 35.6 Å². The smallest absolute Gasteiger partial charge is 0.242 e. The Bertz CT molecular complexity index is 482. The molecule has 0 spiro atoms. The van der Waals surface area contributed by atoms with Gasteiger partial charge in [-0.2, -0.15) is 0 Å². The lowest BCUT2D eigenvalue weighted by atomic mass is 9.96. The number of para-hydroxylation sites is 1. The number of fused-ring (bicyclic) bond motifs is 1. The fourth-order valence-electron chi connectivity index (χ4n) is 3.16. The summed E-state index contributed by atoms with van der Waals surface area (Å²) in [7, 11) is 0. The van der Waals surface area contributed by atoms with Gasteiger partial charge in [-0.3, -0.25) is 4.79 Å². The van der Waals surface area contributed by atoms with Gasteiger partial charge in [0.05, 0.1) is 6.54 Å². The highest BCUT2D eigenvalue weighted by Gasteiger charge is 2.26. The summed E-state index contributed by atoms with van der Waals surface area (Å²) in [6, 6.07) is 8.93. The third-order valence-electron chi connectivity index (χ3n) is 4.44. The van der Waals surface area contributed by atoms with Crippen LogP contribution < -0.4 is 10.2 Å². The van der Waals surface area contributed by atoms with Gasteiger partial charge in [0.1, 0.15) is 0 Å². The molecule has 1 N–H and O–H groups in total. The molecular formula is C16H23N3O. The van der Waals surface area contributed by atoms with Crippen LogP contribution in [0.4, 0.5) is 5.69 Å². The summed E-state index contributed by atoms with van der Waals surface area (Å²) < 4.78 is 0. The van der Waals surface area contributed by atoms with Crippen molar-refractivity contribution in [2.45, 2.75) is 25.8 Å². The molecule has 2 heterocycles. The summed E-state index contributed by atoms with van der Waals surface area (Å²) in [5.74, 6) is 0.259. The van der Waals surface area contributed by atoms with Crippen molar-refractivity contribution in [3.05, 3.63) is 29.8 Å². The highest BCUT2D eigenvalue weighted by molar-refractivity contribution is 5.82. The van der Waals surface area contributed by atoms with Crippen LogP contribution in [0, 0.1) is 0 Å². The molecule has 4 nitrogen and oxygen atoms in total. The molecular weight excluding hydrogens is 250 g/mol. The number of piperazine rings is 1. The van der Waals surface area contributed by atoms with E-state index in [4.69, 9.17) is 0 Å². The van der Waals surface area contributed by atoms with Gasteiger partial charge < -0.3 is 15.1 Å². The number of anilines is 1. The van der Waals surface area contributed by atoms with Crippen LogP contribution in [0.2, 0.25) is 0 Å². The minimum absolute atomic E-state index is 0.259. The van der Waals surface area contributed by atoms with E-state index in [0.29, 0.717) is 12.6 Å². The van der Waals surface area contributed by atoms with Crippen molar-refractivity contribution in [1.29, 1.82) is 0 Å². The van der Waals surface area contributed by atoms with Gasteiger partial charge in [-0.25, -0.2) is 0 Å². The molecule has 3 rings (SSSR count). The van der Waals surface area contributed by atoms with Crippen molar-refractivity contribution in [1.82, 2.24) is 10.2 Å². The Morgan fingerprint density at radius 1 is 1.30 bits per heavy atom. The Hall–Kier alpha value is -1.55. The molecule has 1 amide bonds. The SMILES string of the molecule is CC1CCc2ccccc2N1CC(=O)N1CCNCC1. The molecule has 0 bridgehead atoms. The molecule has 1 aromatic carbocycles. The van der Waals surface area contributed by atoms with Gasteiger partial charge in [0, 0.05) is 37.9 Å². The summed E-state index contributed by atoms with van der Waals surface area (Å²) in [5.41, 5.74) is 2.62. The average Bonchev–Trinajstić information content (AvgIpc) is 2.51. The van der Waals surface area contributed by atoms with Crippen LogP contribution in [-0.2, 0) is 11.2 Å². The van der Waals surface area contributed by atoms with E-state index in [1.54, 1.807) is 0 Å². The molecule has 0 saturated carbocycles. The molecule has 1 fully saturated rings. The van der Waals surface area contributed by atoms with Crippen molar-refractivity contribution in [2.75, 3.05) is 37.6 Å². The second-order valence-corrected chi connectivity index (χ2v) is 5.78. The predicted octanol–water partition coefficient (Wildman–Crippen LogP) is 1.26. The van der Waals surface area contributed by atoms with Crippen molar-refractivity contribution < 1.29 is 4.79 Å². The van der Waals surface area contributed by atoms with Crippen LogP contribution in [0.1, 0.15) is 18.9 Å². The number of hydrogen-bond donors (Lipinski definition) is 1. The van der Waals surface area contributed by atoms with Crippen molar-refractivity contribution >= 4 is 11.6 Å². The van der Waals surface area contributed by atoms with E-state index in [1.165, 1.54) is 11.3 Å². The summed E-state index contributed by atoms with van der Waals surface area (Å²) in [4.78, 5) is 16.7. The predicted molar refractivity (Wildman–Crippen MR) is 81.0 cm³/mol. The van der Waals surface area contributed by atoms with Crippen molar-refractivity contribution in [3.8, 4) is 0 Å².